The van der Waals surface area contributed by atoms with Gasteiger partial charge in [-0.25, -0.2) is 0 Å². The largest absolute Gasteiger partial charge is 0.256 e. The monoisotopic (exact) mass is 170 g/mol. The molecule has 0 atom stereocenters. The van der Waals surface area contributed by atoms with E-state index in [1.165, 1.54) is 10.9 Å². The summed E-state index contributed by atoms with van der Waals surface area (Å²) >= 11 is 0. The highest BCUT2D eigenvalue weighted by Crippen LogP contribution is 2.13. The van der Waals surface area contributed by atoms with E-state index in [1.54, 1.807) is 0 Å². The van der Waals surface area contributed by atoms with E-state index in [-0.39, 0.29) is 0 Å². The molecule has 0 N–H and O–H groups in total. The predicted molar refractivity (Wildman–Crippen MR) is 55.4 cm³/mol. The highest BCUT2D eigenvalue weighted by molar-refractivity contribution is 5.78. The molecule has 1 aromatic heterocycles. The molecule has 2 aromatic rings. The van der Waals surface area contributed by atoms with Gasteiger partial charge in [0, 0.05) is 11.6 Å². The standard InChI is InChI=1S/C12H12N/c1-2-5-10-8-11-6-3-4-7-12(11)13-9-10/h3-4,6-9H,1-2,5H2. The van der Waals surface area contributed by atoms with E-state index in [1.807, 2.05) is 24.4 Å². The molecule has 2 rings (SSSR count). The van der Waals surface area contributed by atoms with Gasteiger partial charge in [0.25, 0.3) is 0 Å². The molecule has 0 saturated carbocycles. The highest BCUT2D eigenvalue weighted by Gasteiger charge is 1.95. The second kappa shape index (κ2) is 3.56. The summed E-state index contributed by atoms with van der Waals surface area (Å²) < 4.78 is 0. The molecule has 0 fully saturated rings. The molecule has 1 heteroatoms. The average molecular weight is 170 g/mol. The summed E-state index contributed by atoms with van der Waals surface area (Å²) in [5, 5.41) is 1.22. The SMILES string of the molecule is [CH2]CCc1cnc2ccccc2c1. The van der Waals surface area contributed by atoms with Crippen LogP contribution in [0.25, 0.3) is 10.9 Å². The number of fused-ring (bicyclic) bond motifs is 1. The summed E-state index contributed by atoms with van der Waals surface area (Å²) in [4.78, 5) is 4.37. The molecule has 65 valence electrons. The Balaban J connectivity index is 2.49. The maximum atomic E-state index is 4.37. The minimum absolute atomic E-state index is 0.931. The lowest BCUT2D eigenvalue weighted by molar-refractivity contribution is 0.992. The van der Waals surface area contributed by atoms with Crippen molar-refractivity contribution in [3.05, 3.63) is 49.0 Å². The van der Waals surface area contributed by atoms with Gasteiger partial charge in [0.15, 0.2) is 0 Å². The number of para-hydroxylation sites is 1. The number of hydrogen-bond acceptors (Lipinski definition) is 1. The summed E-state index contributed by atoms with van der Waals surface area (Å²) in [7, 11) is 0. The summed E-state index contributed by atoms with van der Waals surface area (Å²) in [6, 6.07) is 10.4. The summed E-state index contributed by atoms with van der Waals surface area (Å²) in [5.74, 6) is 0. The molecule has 0 amide bonds. The van der Waals surface area contributed by atoms with E-state index in [9.17, 15) is 0 Å². The normalized spacial score (nSPS) is 10.5. The van der Waals surface area contributed by atoms with Gasteiger partial charge in [0.2, 0.25) is 0 Å². The van der Waals surface area contributed by atoms with Crippen LogP contribution < -0.4 is 0 Å². The van der Waals surface area contributed by atoms with Crippen LogP contribution in [0.5, 0.6) is 0 Å². The third-order valence-electron chi connectivity index (χ3n) is 2.11. The van der Waals surface area contributed by atoms with Gasteiger partial charge in [-0.2, -0.15) is 0 Å². The Bertz CT molecular complexity index is 407. The topological polar surface area (TPSA) is 12.9 Å². The van der Waals surface area contributed by atoms with E-state index in [0.717, 1.165) is 18.4 Å². The van der Waals surface area contributed by atoms with Crippen LogP contribution in [0.3, 0.4) is 0 Å². The first kappa shape index (κ1) is 8.24. The number of rotatable bonds is 2. The molecule has 1 heterocycles. The molecule has 13 heavy (non-hydrogen) atoms. The van der Waals surface area contributed by atoms with Crippen molar-refractivity contribution in [2.24, 2.45) is 0 Å². The molecule has 0 spiro atoms. The number of benzene rings is 1. The molecule has 1 nitrogen and oxygen atoms in total. The third kappa shape index (κ3) is 1.69. The van der Waals surface area contributed by atoms with Crippen LogP contribution >= 0.6 is 0 Å². The molecular weight excluding hydrogens is 158 g/mol. The van der Waals surface area contributed by atoms with E-state index in [4.69, 9.17) is 0 Å². The molecule has 0 unspecified atom stereocenters. The van der Waals surface area contributed by atoms with Gasteiger partial charge in [0.1, 0.15) is 0 Å². The van der Waals surface area contributed by atoms with Crippen LogP contribution in [0.1, 0.15) is 12.0 Å². The number of pyridine rings is 1. The van der Waals surface area contributed by atoms with Crippen LogP contribution in [0.2, 0.25) is 0 Å². The lowest BCUT2D eigenvalue weighted by Gasteiger charge is -2.00. The first-order valence-corrected chi connectivity index (χ1v) is 4.53. The van der Waals surface area contributed by atoms with Gasteiger partial charge < -0.3 is 0 Å². The zero-order valence-electron chi connectivity index (χ0n) is 7.53. The Labute approximate surface area is 78.4 Å². The second-order valence-corrected chi connectivity index (χ2v) is 3.14. The molecule has 1 radical (unpaired) electrons. The molecule has 0 bridgehead atoms. The maximum absolute atomic E-state index is 4.37. The van der Waals surface area contributed by atoms with Gasteiger partial charge in [0.05, 0.1) is 5.52 Å². The van der Waals surface area contributed by atoms with Crippen molar-refractivity contribution in [1.82, 2.24) is 4.98 Å². The van der Waals surface area contributed by atoms with Gasteiger partial charge in [-0.3, -0.25) is 4.98 Å². The maximum Gasteiger partial charge on any atom is 0.0702 e. The number of hydrogen-bond donors (Lipinski definition) is 0. The summed E-state index contributed by atoms with van der Waals surface area (Å²) in [5.41, 5.74) is 2.34. The van der Waals surface area contributed by atoms with Gasteiger partial charge in [-0.05, 0) is 30.5 Å². The Morgan fingerprint density at radius 3 is 2.92 bits per heavy atom. The van der Waals surface area contributed by atoms with Gasteiger partial charge in [-0.1, -0.05) is 25.1 Å². The Morgan fingerprint density at radius 1 is 1.23 bits per heavy atom. The van der Waals surface area contributed by atoms with Crippen molar-refractivity contribution in [3.8, 4) is 0 Å². The van der Waals surface area contributed by atoms with Gasteiger partial charge in [-0.15, -0.1) is 0 Å². The fraction of sp³-hybridized carbons (Fsp3) is 0.167. The predicted octanol–water partition coefficient (Wildman–Crippen LogP) is 3.00. The van der Waals surface area contributed by atoms with Crippen molar-refractivity contribution in [1.29, 1.82) is 0 Å². The third-order valence-corrected chi connectivity index (χ3v) is 2.11. The second-order valence-electron chi connectivity index (χ2n) is 3.14. The molecule has 0 aliphatic rings. The fourth-order valence-electron chi connectivity index (χ4n) is 1.46. The molecule has 0 aliphatic carbocycles. The number of nitrogens with zero attached hydrogens (tertiary/aromatic N) is 1. The minimum Gasteiger partial charge on any atom is -0.256 e. The fourth-order valence-corrected chi connectivity index (χ4v) is 1.46. The molecule has 0 aliphatic heterocycles. The lowest BCUT2D eigenvalue weighted by atomic mass is 10.1. The van der Waals surface area contributed by atoms with E-state index < -0.39 is 0 Å². The van der Waals surface area contributed by atoms with Gasteiger partial charge >= 0.3 is 0 Å². The Kier molecular flexibility index (Phi) is 2.26. The van der Waals surface area contributed by atoms with E-state index >= 15 is 0 Å². The molecule has 1 aromatic carbocycles. The number of aromatic nitrogens is 1. The molecular formula is C12H12N. The smallest absolute Gasteiger partial charge is 0.0702 e. The van der Waals surface area contributed by atoms with Crippen LogP contribution in [-0.2, 0) is 6.42 Å². The van der Waals surface area contributed by atoms with Crippen molar-refractivity contribution in [2.75, 3.05) is 0 Å². The zero-order valence-corrected chi connectivity index (χ0v) is 7.53. The van der Waals surface area contributed by atoms with Crippen molar-refractivity contribution in [2.45, 2.75) is 12.8 Å². The minimum atomic E-state index is 0.931. The van der Waals surface area contributed by atoms with Crippen molar-refractivity contribution >= 4 is 10.9 Å². The first-order chi connectivity index (χ1) is 6.40. The number of aryl methyl sites for hydroxylation is 1. The van der Waals surface area contributed by atoms with Crippen LogP contribution in [0, 0.1) is 6.92 Å². The Morgan fingerprint density at radius 2 is 2.08 bits per heavy atom. The Hall–Kier alpha value is -1.37. The summed E-state index contributed by atoms with van der Waals surface area (Å²) in [6.07, 6.45) is 3.88. The average Bonchev–Trinajstić information content (AvgIpc) is 2.18. The highest BCUT2D eigenvalue weighted by atomic mass is 14.6. The quantitative estimate of drug-likeness (QED) is 0.675. The van der Waals surface area contributed by atoms with E-state index in [0.29, 0.717) is 0 Å². The zero-order chi connectivity index (χ0) is 9.10. The van der Waals surface area contributed by atoms with Crippen LogP contribution in [0.4, 0.5) is 0 Å². The van der Waals surface area contributed by atoms with Crippen molar-refractivity contribution < 1.29 is 0 Å². The first-order valence-electron chi connectivity index (χ1n) is 4.53. The molecule has 0 saturated heterocycles. The van der Waals surface area contributed by atoms with Crippen LogP contribution in [0.15, 0.2) is 36.5 Å². The van der Waals surface area contributed by atoms with E-state index in [2.05, 4.69) is 24.0 Å². The summed E-state index contributed by atoms with van der Waals surface area (Å²) in [6.45, 7) is 3.83. The van der Waals surface area contributed by atoms with Crippen molar-refractivity contribution in [3.63, 3.8) is 0 Å². The lowest BCUT2D eigenvalue weighted by Crippen LogP contribution is -1.86. The van der Waals surface area contributed by atoms with Crippen LogP contribution in [-0.4, -0.2) is 4.98 Å².